The molecular weight excluding hydrogens is 534 g/mol. The second-order valence-corrected chi connectivity index (χ2v) is 11.8. The summed E-state index contributed by atoms with van der Waals surface area (Å²) in [5.41, 5.74) is 1.69. The van der Waals surface area contributed by atoms with E-state index >= 15 is 0 Å². The summed E-state index contributed by atoms with van der Waals surface area (Å²) >= 11 is 0. The Morgan fingerprint density at radius 3 is 1.83 bits per heavy atom. The quantitative estimate of drug-likeness (QED) is 0.404. The van der Waals surface area contributed by atoms with E-state index in [0.29, 0.717) is 6.42 Å². The van der Waals surface area contributed by atoms with Gasteiger partial charge in [-0.15, -0.1) is 0 Å². The number of hydrogen-bond acceptors (Lipinski definition) is 5. The number of rotatable bonds is 5. The highest BCUT2D eigenvalue weighted by Crippen LogP contribution is 2.44. The molecule has 4 N–H and O–H groups in total. The van der Waals surface area contributed by atoms with Crippen molar-refractivity contribution in [3.8, 4) is 0 Å². The van der Waals surface area contributed by atoms with Gasteiger partial charge in [0.25, 0.3) is 0 Å². The minimum absolute atomic E-state index is 0.0818. The smallest absolute Gasteiger partial charge is 0.243 e. The molecule has 2 aliphatic heterocycles. The van der Waals surface area contributed by atoms with Crippen molar-refractivity contribution >= 4 is 29.5 Å². The Morgan fingerprint density at radius 2 is 1.24 bits per heavy atom. The van der Waals surface area contributed by atoms with Crippen molar-refractivity contribution in [2.45, 2.75) is 83.7 Å². The van der Waals surface area contributed by atoms with Gasteiger partial charge in [-0.3, -0.25) is 24.0 Å². The largest absolute Gasteiger partial charge is 0.351 e. The fourth-order valence-corrected chi connectivity index (χ4v) is 5.73. The molecule has 0 aliphatic carbocycles. The zero-order valence-electron chi connectivity index (χ0n) is 24.8. The lowest BCUT2D eigenvalue weighted by Gasteiger charge is -2.53. The molecule has 2 aromatic carbocycles. The van der Waals surface area contributed by atoms with Gasteiger partial charge < -0.3 is 26.2 Å². The molecule has 2 aliphatic rings. The van der Waals surface area contributed by atoms with Crippen molar-refractivity contribution in [2.75, 3.05) is 0 Å². The molecule has 5 amide bonds. The highest BCUT2D eigenvalue weighted by molar-refractivity contribution is 5.97. The van der Waals surface area contributed by atoms with Crippen LogP contribution in [0.25, 0.3) is 0 Å². The number of hydrogen-bond donors (Lipinski definition) is 4. The van der Waals surface area contributed by atoms with Crippen molar-refractivity contribution < 1.29 is 24.0 Å². The summed E-state index contributed by atoms with van der Waals surface area (Å²) in [7, 11) is 0. The van der Waals surface area contributed by atoms with Gasteiger partial charge >= 0.3 is 0 Å². The number of carbonyl (C=O) groups is 5. The summed E-state index contributed by atoms with van der Waals surface area (Å²) in [5.74, 6) is -2.76. The summed E-state index contributed by atoms with van der Waals surface area (Å²) in [4.78, 5) is 68.9. The van der Waals surface area contributed by atoms with Crippen LogP contribution in [0.3, 0.4) is 0 Å². The maximum atomic E-state index is 13.9. The molecular formula is C32H41N5O5. The van der Waals surface area contributed by atoms with E-state index < -0.39 is 65.8 Å². The summed E-state index contributed by atoms with van der Waals surface area (Å²) < 4.78 is 0. The predicted molar refractivity (Wildman–Crippen MR) is 158 cm³/mol. The maximum Gasteiger partial charge on any atom is 0.243 e. The number of amides is 5. The Bertz CT molecular complexity index is 1300. The molecule has 10 nitrogen and oxygen atoms in total. The molecule has 2 bridgehead atoms. The summed E-state index contributed by atoms with van der Waals surface area (Å²) in [5, 5.41) is 11.1. The van der Waals surface area contributed by atoms with Gasteiger partial charge in [0.2, 0.25) is 29.5 Å². The van der Waals surface area contributed by atoms with Gasteiger partial charge in [-0.1, -0.05) is 74.5 Å². The molecule has 7 atom stereocenters. The van der Waals surface area contributed by atoms with Gasteiger partial charge in [0, 0.05) is 12.5 Å². The minimum Gasteiger partial charge on any atom is -0.351 e. The number of nitrogens with one attached hydrogen (secondary N) is 4. The Balaban J connectivity index is 1.73. The fraction of sp³-hybridized carbons (Fsp3) is 0.469. The zero-order chi connectivity index (χ0) is 30.6. The molecule has 0 aromatic heterocycles. The lowest BCUT2D eigenvalue weighted by molar-refractivity contribution is -0.169. The van der Waals surface area contributed by atoms with E-state index in [1.54, 1.807) is 11.8 Å². The third-order valence-corrected chi connectivity index (χ3v) is 7.98. The molecule has 0 unspecified atom stereocenters. The molecule has 2 aromatic rings. The second-order valence-electron chi connectivity index (χ2n) is 11.8. The van der Waals surface area contributed by atoms with Crippen molar-refractivity contribution in [1.29, 1.82) is 0 Å². The number of carbonyl (C=O) groups excluding carboxylic acids is 5. The van der Waals surface area contributed by atoms with E-state index in [2.05, 4.69) is 21.3 Å². The second kappa shape index (κ2) is 13.2. The van der Waals surface area contributed by atoms with Gasteiger partial charge in [-0.05, 0) is 44.2 Å². The lowest BCUT2D eigenvalue weighted by atomic mass is 9.76. The maximum absolute atomic E-state index is 13.9. The monoisotopic (exact) mass is 575 g/mol. The number of fused-ring (bicyclic) bond motifs is 2. The fourth-order valence-electron chi connectivity index (χ4n) is 5.73. The van der Waals surface area contributed by atoms with Crippen molar-refractivity contribution in [2.24, 2.45) is 11.8 Å². The average molecular weight is 576 g/mol. The first-order valence-corrected chi connectivity index (χ1v) is 14.6. The Hall–Kier alpha value is -4.21. The normalized spacial score (nSPS) is 29.2. The highest BCUT2D eigenvalue weighted by atomic mass is 16.2. The molecule has 2 fully saturated rings. The molecule has 0 spiro atoms. The van der Waals surface area contributed by atoms with E-state index in [9.17, 15) is 24.0 Å². The van der Waals surface area contributed by atoms with Crippen LogP contribution in [0.15, 0.2) is 60.7 Å². The van der Waals surface area contributed by atoms with Gasteiger partial charge in [-0.25, -0.2) is 0 Å². The predicted octanol–water partition coefficient (Wildman–Crippen LogP) is 1.86. The van der Waals surface area contributed by atoms with E-state index in [1.165, 1.54) is 13.8 Å². The summed E-state index contributed by atoms with van der Waals surface area (Å²) in [6, 6.07) is 14.0. The average Bonchev–Trinajstić information content (AvgIpc) is 2.95. The molecule has 2 heterocycles. The molecule has 224 valence electrons. The number of β-lactam (4-membered cyclic amide) rings is 1. The van der Waals surface area contributed by atoms with Gasteiger partial charge in [-0.2, -0.15) is 0 Å². The molecule has 10 heteroatoms. The van der Waals surface area contributed by atoms with Crippen LogP contribution in [0, 0.1) is 11.8 Å². The van der Waals surface area contributed by atoms with Crippen LogP contribution in [0.1, 0.15) is 58.2 Å². The summed E-state index contributed by atoms with van der Waals surface area (Å²) in [6.07, 6.45) is 0.613. The van der Waals surface area contributed by atoms with Crippen molar-refractivity contribution in [3.63, 3.8) is 0 Å². The van der Waals surface area contributed by atoms with E-state index in [-0.39, 0.29) is 18.2 Å². The minimum atomic E-state index is -0.958. The molecule has 4 rings (SSSR count). The lowest BCUT2D eigenvalue weighted by Crippen LogP contribution is -2.68. The molecule has 42 heavy (non-hydrogen) atoms. The van der Waals surface area contributed by atoms with Crippen LogP contribution in [-0.4, -0.2) is 64.6 Å². The zero-order valence-corrected chi connectivity index (χ0v) is 24.8. The van der Waals surface area contributed by atoms with Crippen LogP contribution in [0.2, 0.25) is 0 Å². The van der Waals surface area contributed by atoms with Crippen LogP contribution in [0.5, 0.6) is 0 Å². The van der Waals surface area contributed by atoms with Gasteiger partial charge in [0.1, 0.15) is 24.2 Å². The van der Waals surface area contributed by atoms with Crippen LogP contribution in [0.4, 0.5) is 0 Å². The van der Waals surface area contributed by atoms with Gasteiger partial charge in [0.15, 0.2) is 0 Å². The van der Waals surface area contributed by atoms with E-state index in [1.807, 2.05) is 74.5 Å². The number of nitrogens with zero attached hydrogens (tertiary/aromatic N) is 1. The third-order valence-electron chi connectivity index (χ3n) is 7.98. The topological polar surface area (TPSA) is 137 Å². The van der Waals surface area contributed by atoms with Gasteiger partial charge in [0.05, 0.1) is 12.0 Å². The van der Waals surface area contributed by atoms with E-state index in [4.69, 9.17) is 0 Å². The molecule has 2 saturated heterocycles. The molecule has 0 radical (unpaired) electrons. The van der Waals surface area contributed by atoms with Crippen molar-refractivity contribution in [1.82, 2.24) is 26.2 Å². The SMILES string of the molecule is CC(C)C[C@H]1C(=O)N[C@@H](C)C(=O)N[C@@H](C)C(=O)N[C@@H](Cc2ccccc2)C(=O)N[C@@H](C)[C@@H]2C(=O)N1[C@@H]2c1ccccc1. The Kier molecular flexibility index (Phi) is 9.65. The van der Waals surface area contributed by atoms with Crippen LogP contribution in [-0.2, 0) is 30.4 Å². The highest BCUT2D eigenvalue weighted by Gasteiger charge is 2.55. The van der Waals surface area contributed by atoms with Crippen LogP contribution >= 0.6 is 0 Å². The summed E-state index contributed by atoms with van der Waals surface area (Å²) in [6.45, 7) is 8.78. The number of benzene rings is 2. The first-order chi connectivity index (χ1) is 20.0. The molecule has 0 saturated carbocycles. The van der Waals surface area contributed by atoms with Crippen molar-refractivity contribution in [3.05, 3.63) is 71.8 Å². The first kappa shape index (κ1) is 30.7. The standard InChI is InChI=1S/C32H41N5O5/c1-18(2)16-25-31(41)35-20(4)28(38)34-21(5)29(39)36-24(17-22-12-8-6-9-13-22)30(40)33-19(3)26-27(37(25)32(26)42)23-14-10-7-11-15-23/h6-15,18-21,24-27H,16-17H2,1-5H3,(H,33,40)(H,34,38)(H,35,41)(H,36,39)/t19-,20-,21-,24-,25-,26-,27+/m0/s1. The Morgan fingerprint density at radius 1 is 0.690 bits per heavy atom. The third kappa shape index (κ3) is 6.80. The van der Waals surface area contributed by atoms with Crippen LogP contribution < -0.4 is 21.3 Å². The van der Waals surface area contributed by atoms with E-state index in [0.717, 1.165) is 11.1 Å². The Labute approximate surface area is 247 Å². The first-order valence-electron chi connectivity index (χ1n) is 14.6.